The van der Waals surface area contributed by atoms with Crippen molar-refractivity contribution in [2.45, 2.75) is 51.8 Å². The van der Waals surface area contributed by atoms with Gasteiger partial charge >= 0.3 is 12.0 Å². The van der Waals surface area contributed by atoms with Gasteiger partial charge in [-0.25, -0.2) is 14.6 Å². The lowest BCUT2D eigenvalue weighted by Crippen LogP contribution is -2.48. The lowest BCUT2D eigenvalue weighted by molar-refractivity contribution is -0.159. The molecule has 1 aliphatic rings. The molecular weight excluding hydrogens is 610 g/mol. The maximum Gasteiger partial charge on any atom is 0.341 e. The first-order valence-corrected chi connectivity index (χ1v) is 16.7. The fraction of sp³-hybridized carbons (Fsp3) is 0.214. The molecule has 1 aliphatic heterocycles. The lowest BCUT2D eigenvalue weighted by atomic mass is 10.0. The third-order valence-corrected chi connectivity index (χ3v) is 8.17. The third-order valence-electron chi connectivity index (χ3n) is 8.17. The highest BCUT2D eigenvalue weighted by Gasteiger charge is 2.39. The van der Waals surface area contributed by atoms with E-state index in [-0.39, 0.29) is 12.6 Å². The molecule has 0 spiro atoms. The number of hydrogen-bond acceptors (Lipinski definition) is 5. The monoisotopic (exact) mass is 651 g/mol. The van der Waals surface area contributed by atoms with Crippen LogP contribution in [0.25, 0.3) is 11.1 Å². The van der Waals surface area contributed by atoms with Gasteiger partial charge in [0.05, 0.1) is 12.3 Å². The number of likely N-dealkylation sites (tertiary alicyclic amines) is 1. The van der Waals surface area contributed by atoms with Crippen molar-refractivity contribution >= 4 is 17.7 Å². The van der Waals surface area contributed by atoms with Crippen LogP contribution in [0, 0.1) is 0 Å². The van der Waals surface area contributed by atoms with E-state index in [2.05, 4.69) is 12.1 Å². The molecule has 0 saturated carbocycles. The Labute approximate surface area is 288 Å². The number of benzene rings is 5. The van der Waals surface area contributed by atoms with Crippen LogP contribution in [-0.2, 0) is 16.1 Å². The smallest absolute Gasteiger partial charge is 0.341 e. The van der Waals surface area contributed by atoms with Crippen LogP contribution in [0.2, 0.25) is 0 Å². The van der Waals surface area contributed by atoms with Crippen LogP contribution >= 0.6 is 0 Å². The van der Waals surface area contributed by atoms with Gasteiger partial charge in [-0.15, -0.1) is 0 Å². The molecule has 0 N–H and O–H groups in total. The average molecular weight is 652 g/mol. The molecule has 6 rings (SSSR count). The number of hydrogen-bond donors (Lipinski definition) is 0. The lowest BCUT2D eigenvalue weighted by Gasteiger charge is -2.30. The van der Waals surface area contributed by atoms with E-state index >= 15 is 0 Å². The van der Waals surface area contributed by atoms with Gasteiger partial charge in [-0.1, -0.05) is 115 Å². The molecule has 1 unspecified atom stereocenters. The first-order valence-electron chi connectivity index (χ1n) is 16.7. The number of amides is 2. The topological polar surface area (TPSA) is 71.4 Å². The van der Waals surface area contributed by atoms with Crippen molar-refractivity contribution in [1.82, 2.24) is 9.91 Å². The zero-order valence-electron chi connectivity index (χ0n) is 28.2. The molecule has 49 heavy (non-hydrogen) atoms. The van der Waals surface area contributed by atoms with Crippen molar-refractivity contribution in [2.24, 2.45) is 5.10 Å². The standard InChI is InChI=1S/C42H41N3O4/c1-42(2,3)49-40(46)38-20-13-29-44(38)41(47)45(43-39(34-16-9-5-10-17-34)35-18-11-6-12-19-35)30-31-21-25-36(26-22-31)48-37-27-23-33(24-28-37)32-14-7-4-8-15-32/h4-12,14-19,21-28,38H,13,20,29-30H2,1-3H3. The fourth-order valence-corrected chi connectivity index (χ4v) is 5.82. The molecule has 248 valence electrons. The van der Waals surface area contributed by atoms with Gasteiger partial charge in [-0.2, -0.15) is 5.10 Å². The van der Waals surface area contributed by atoms with E-state index in [9.17, 15) is 9.59 Å². The Kier molecular flexibility index (Phi) is 10.2. The van der Waals surface area contributed by atoms with Gasteiger partial charge in [0.25, 0.3) is 0 Å². The molecule has 5 aromatic rings. The van der Waals surface area contributed by atoms with Crippen LogP contribution in [0.3, 0.4) is 0 Å². The molecular formula is C42H41N3O4. The van der Waals surface area contributed by atoms with Gasteiger partial charge < -0.3 is 14.4 Å². The zero-order chi connectivity index (χ0) is 34.2. The number of carbonyl (C=O) groups is 2. The zero-order valence-corrected chi connectivity index (χ0v) is 28.2. The number of hydrazone groups is 1. The summed E-state index contributed by atoms with van der Waals surface area (Å²) in [7, 11) is 0. The van der Waals surface area contributed by atoms with Crippen LogP contribution in [0.4, 0.5) is 4.79 Å². The molecule has 1 fully saturated rings. The minimum absolute atomic E-state index is 0.186. The van der Waals surface area contributed by atoms with Gasteiger partial charge in [0.2, 0.25) is 0 Å². The summed E-state index contributed by atoms with van der Waals surface area (Å²) in [5, 5.41) is 6.49. The Bertz CT molecular complexity index is 1830. The summed E-state index contributed by atoms with van der Waals surface area (Å²) in [6.07, 6.45) is 1.25. The Morgan fingerprint density at radius 1 is 0.714 bits per heavy atom. The first kappa shape index (κ1) is 33.2. The van der Waals surface area contributed by atoms with E-state index < -0.39 is 17.6 Å². The van der Waals surface area contributed by atoms with Gasteiger partial charge in [-0.3, -0.25) is 0 Å². The number of ether oxygens (including phenoxy) is 2. The van der Waals surface area contributed by atoms with Crippen LogP contribution in [0.5, 0.6) is 11.5 Å². The van der Waals surface area contributed by atoms with Crippen molar-refractivity contribution in [3.05, 3.63) is 156 Å². The molecule has 7 heteroatoms. The van der Waals surface area contributed by atoms with E-state index in [1.54, 1.807) is 4.90 Å². The first-order chi connectivity index (χ1) is 23.7. The SMILES string of the molecule is CC(C)(C)OC(=O)C1CCCN1C(=O)N(Cc1ccc(Oc2ccc(-c3ccccc3)cc2)cc1)N=C(c1ccccc1)c1ccccc1. The molecule has 2 amide bonds. The van der Waals surface area contributed by atoms with E-state index in [4.69, 9.17) is 14.6 Å². The van der Waals surface area contributed by atoms with Gasteiger partial charge in [0, 0.05) is 17.7 Å². The number of rotatable bonds is 9. The highest BCUT2D eigenvalue weighted by Crippen LogP contribution is 2.28. The van der Waals surface area contributed by atoms with E-state index in [0.717, 1.165) is 33.6 Å². The maximum atomic E-state index is 14.4. The molecule has 0 radical (unpaired) electrons. The average Bonchev–Trinajstić information content (AvgIpc) is 3.62. The number of nitrogens with zero attached hydrogens (tertiary/aromatic N) is 3. The predicted octanol–water partition coefficient (Wildman–Crippen LogP) is 9.33. The summed E-state index contributed by atoms with van der Waals surface area (Å²) in [5.74, 6) is 1.01. The second-order valence-corrected chi connectivity index (χ2v) is 13.0. The quantitative estimate of drug-likeness (QED) is 0.0905. The summed E-state index contributed by atoms with van der Waals surface area (Å²) >= 11 is 0. The van der Waals surface area contributed by atoms with Gasteiger partial charge in [0.15, 0.2) is 0 Å². The Hall–Kier alpha value is -5.69. The minimum Gasteiger partial charge on any atom is -0.458 e. The molecule has 7 nitrogen and oxygen atoms in total. The van der Waals surface area contributed by atoms with Crippen LogP contribution < -0.4 is 4.74 Å². The maximum absolute atomic E-state index is 14.4. The normalized spacial score (nSPS) is 14.2. The number of carbonyl (C=O) groups excluding carboxylic acids is 2. The molecule has 0 aromatic heterocycles. The van der Waals surface area contributed by atoms with Crippen molar-refractivity contribution in [2.75, 3.05) is 6.54 Å². The predicted molar refractivity (Wildman–Crippen MR) is 193 cm³/mol. The van der Waals surface area contributed by atoms with Crippen LogP contribution in [0.1, 0.15) is 50.3 Å². The second-order valence-electron chi connectivity index (χ2n) is 13.0. The Balaban J connectivity index is 1.27. The van der Waals surface area contributed by atoms with Crippen molar-refractivity contribution in [3.63, 3.8) is 0 Å². The van der Waals surface area contributed by atoms with Crippen LogP contribution in [0.15, 0.2) is 145 Å². The van der Waals surface area contributed by atoms with Gasteiger partial charge in [0.1, 0.15) is 23.1 Å². The summed E-state index contributed by atoms with van der Waals surface area (Å²) in [6, 6.07) is 44.5. The summed E-state index contributed by atoms with van der Waals surface area (Å²) in [6.45, 7) is 6.13. The summed E-state index contributed by atoms with van der Waals surface area (Å²) in [4.78, 5) is 29.2. The molecule has 1 atom stereocenters. The van der Waals surface area contributed by atoms with Gasteiger partial charge in [-0.05, 0) is 74.6 Å². The molecule has 1 heterocycles. The highest BCUT2D eigenvalue weighted by atomic mass is 16.6. The van der Waals surface area contributed by atoms with E-state index in [1.807, 2.05) is 148 Å². The van der Waals surface area contributed by atoms with E-state index in [0.29, 0.717) is 30.8 Å². The minimum atomic E-state index is -0.676. The molecule has 1 saturated heterocycles. The fourth-order valence-electron chi connectivity index (χ4n) is 5.82. The largest absolute Gasteiger partial charge is 0.458 e. The molecule has 0 bridgehead atoms. The Morgan fingerprint density at radius 2 is 1.22 bits per heavy atom. The highest BCUT2D eigenvalue weighted by molar-refractivity contribution is 6.13. The number of esters is 1. The van der Waals surface area contributed by atoms with Crippen molar-refractivity contribution in [1.29, 1.82) is 0 Å². The van der Waals surface area contributed by atoms with Crippen LogP contribution in [-0.4, -0.2) is 45.8 Å². The summed E-state index contributed by atoms with van der Waals surface area (Å²) < 4.78 is 11.9. The number of urea groups is 1. The van der Waals surface area contributed by atoms with Crippen molar-refractivity contribution < 1.29 is 19.1 Å². The molecule has 0 aliphatic carbocycles. The van der Waals surface area contributed by atoms with Crippen molar-refractivity contribution in [3.8, 4) is 22.6 Å². The van der Waals surface area contributed by atoms with E-state index in [1.165, 1.54) is 5.01 Å². The Morgan fingerprint density at radius 3 is 1.78 bits per heavy atom. The summed E-state index contributed by atoms with van der Waals surface area (Å²) in [5.41, 5.74) is 4.87. The second kappa shape index (κ2) is 15.0. The third kappa shape index (κ3) is 8.62. The molecule has 5 aromatic carbocycles.